The van der Waals surface area contributed by atoms with Crippen molar-refractivity contribution in [3.8, 4) is 0 Å². The molecule has 0 saturated heterocycles. The molecule has 0 rings (SSSR count). The molecule has 0 aliphatic heterocycles. The van der Waals surface area contributed by atoms with Gasteiger partial charge < -0.3 is 15.5 Å². The van der Waals surface area contributed by atoms with Gasteiger partial charge in [-0.1, -0.05) is 6.58 Å². The summed E-state index contributed by atoms with van der Waals surface area (Å²) in [5.41, 5.74) is 0.130. The first-order valence-corrected chi connectivity index (χ1v) is 3.04. The normalized spacial score (nSPS) is 13.8. The van der Waals surface area contributed by atoms with Crippen molar-refractivity contribution in [2.45, 2.75) is 13.2 Å². The van der Waals surface area contributed by atoms with Gasteiger partial charge in [0.15, 0.2) is 0 Å². The van der Waals surface area contributed by atoms with Gasteiger partial charge in [-0.15, -0.1) is 0 Å². The molecule has 0 radical (unpaired) electrons. The van der Waals surface area contributed by atoms with Gasteiger partial charge in [-0.25, -0.2) is 4.79 Å². The number of carbonyl (C=O) groups is 1. The summed E-state index contributed by atoms with van der Waals surface area (Å²) in [5, 5.41) is 19.6. The largest absolute Gasteiger partial charge is 0.478 e. The Labute approximate surface area is 64.8 Å². The lowest BCUT2D eigenvalue weighted by molar-refractivity contribution is -0.132. The van der Waals surface area contributed by atoms with Crippen LogP contribution in [0.1, 0.15) is 6.92 Å². The molecule has 0 spiro atoms. The van der Waals surface area contributed by atoms with Crippen molar-refractivity contribution in [1.82, 2.24) is 5.32 Å². The minimum absolute atomic E-state index is 0.130. The number of hydrogen-bond donors (Lipinski definition) is 3. The molecule has 0 fully saturated rings. The van der Waals surface area contributed by atoms with E-state index in [9.17, 15) is 4.79 Å². The van der Waals surface area contributed by atoms with E-state index >= 15 is 0 Å². The molecule has 0 aliphatic carbocycles. The van der Waals surface area contributed by atoms with Gasteiger partial charge in [-0.3, -0.25) is 0 Å². The van der Waals surface area contributed by atoms with Crippen LogP contribution < -0.4 is 5.32 Å². The predicted molar refractivity (Wildman–Crippen MR) is 40.7 cm³/mol. The average Bonchev–Trinajstić information content (AvgIpc) is 1.99. The molecular formula is C7H11NO3. The second kappa shape index (κ2) is 4.51. The van der Waals surface area contributed by atoms with Crippen molar-refractivity contribution in [2.75, 3.05) is 0 Å². The zero-order valence-corrected chi connectivity index (χ0v) is 6.24. The van der Waals surface area contributed by atoms with Crippen LogP contribution in [0.5, 0.6) is 0 Å². The maximum absolute atomic E-state index is 10.2. The Morgan fingerprint density at radius 2 is 2.27 bits per heavy atom. The quantitative estimate of drug-likeness (QED) is 0.307. The highest BCUT2D eigenvalue weighted by Crippen LogP contribution is 1.89. The first-order chi connectivity index (χ1) is 5.07. The number of aliphatic hydroxyl groups excluding tert-OH is 1. The van der Waals surface area contributed by atoms with Crippen LogP contribution in [0.3, 0.4) is 0 Å². The molecule has 0 aromatic heterocycles. The fourth-order valence-electron chi connectivity index (χ4n) is 0.340. The van der Waals surface area contributed by atoms with Crippen LogP contribution in [0.15, 0.2) is 24.4 Å². The summed E-state index contributed by atoms with van der Waals surface area (Å²) in [4.78, 5) is 10.2. The summed E-state index contributed by atoms with van der Waals surface area (Å²) in [6.45, 7) is 4.72. The standard InChI is InChI=1S/C7H11NO3/c1-3-6(9)8-4-5(2)7(10)11/h3-4,6,8-9H,1H2,2H3,(H,10,11). The van der Waals surface area contributed by atoms with E-state index in [1.165, 1.54) is 19.2 Å². The summed E-state index contributed by atoms with van der Waals surface area (Å²) in [6, 6.07) is 0. The molecule has 11 heavy (non-hydrogen) atoms. The Hall–Kier alpha value is -1.29. The van der Waals surface area contributed by atoms with Gasteiger partial charge >= 0.3 is 5.97 Å². The van der Waals surface area contributed by atoms with Crippen molar-refractivity contribution in [3.63, 3.8) is 0 Å². The van der Waals surface area contributed by atoms with E-state index in [0.717, 1.165) is 0 Å². The molecule has 0 amide bonds. The number of rotatable bonds is 4. The summed E-state index contributed by atoms with van der Waals surface area (Å²) in [7, 11) is 0. The first-order valence-electron chi connectivity index (χ1n) is 3.04. The lowest BCUT2D eigenvalue weighted by Gasteiger charge is -2.03. The van der Waals surface area contributed by atoms with Gasteiger partial charge in [0.2, 0.25) is 0 Å². The molecular weight excluding hydrogens is 146 g/mol. The molecule has 4 nitrogen and oxygen atoms in total. The predicted octanol–water partition coefficient (Wildman–Crippen LogP) is 0.0688. The van der Waals surface area contributed by atoms with Crippen molar-refractivity contribution in [3.05, 3.63) is 24.4 Å². The Morgan fingerprint density at radius 3 is 2.64 bits per heavy atom. The van der Waals surface area contributed by atoms with Crippen molar-refractivity contribution < 1.29 is 15.0 Å². The van der Waals surface area contributed by atoms with E-state index in [2.05, 4.69) is 11.9 Å². The van der Waals surface area contributed by atoms with Gasteiger partial charge in [0.05, 0.1) is 0 Å². The highest BCUT2D eigenvalue weighted by molar-refractivity contribution is 5.85. The number of nitrogens with one attached hydrogen (secondary N) is 1. The molecule has 3 N–H and O–H groups in total. The SMILES string of the molecule is C=CC(O)NC=C(C)C(=O)O. The zero-order chi connectivity index (χ0) is 8.85. The van der Waals surface area contributed by atoms with Crippen LogP contribution in [-0.2, 0) is 4.79 Å². The van der Waals surface area contributed by atoms with Crippen LogP contribution in [0.25, 0.3) is 0 Å². The van der Waals surface area contributed by atoms with Gasteiger partial charge in [0.25, 0.3) is 0 Å². The zero-order valence-electron chi connectivity index (χ0n) is 6.24. The summed E-state index contributed by atoms with van der Waals surface area (Å²) in [6.07, 6.45) is 1.57. The third-order valence-corrected chi connectivity index (χ3v) is 1.03. The fraction of sp³-hybridized carbons (Fsp3) is 0.286. The second-order valence-corrected chi connectivity index (χ2v) is 1.98. The highest BCUT2D eigenvalue weighted by atomic mass is 16.4. The van der Waals surface area contributed by atoms with Crippen molar-refractivity contribution in [2.24, 2.45) is 0 Å². The number of carboxylic acids is 1. The first kappa shape index (κ1) is 9.71. The molecule has 0 aromatic carbocycles. The fourth-order valence-corrected chi connectivity index (χ4v) is 0.340. The van der Waals surface area contributed by atoms with Gasteiger partial charge in [-0.2, -0.15) is 0 Å². The van der Waals surface area contributed by atoms with Gasteiger partial charge in [-0.05, 0) is 13.0 Å². The second-order valence-electron chi connectivity index (χ2n) is 1.98. The van der Waals surface area contributed by atoms with Crippen LogP contribution in [0.4, 0.5) is 0 Å². The van der Waals surface area contributed by atoms with E-state index in [1.54, 1.807) is 0 Å². The Balaban J connectivity index is 3.91. The molecule has 0 aliphatic rings. The van der Waals surface area contributed by atoms with Crippen LogP contribution in [0.2, 0.25) is 0 Å². The summed E-state index contributed by atoms with van der Waals surface area (Å²) >= 11 is 0. The molecule has 0 aromatic rings. The third kappa shape index (κ3) is 4.16. The summed E-state index contributed by atoms with van der Waals surface area (Å²) in [5.74, 6) is -1.02. The lowest BCUT2D eigenvalue weighted by Crippen LogP contribution is -2.21. The molecule has 0 heterocycles. The van der Waals surface area contributed by atoms with Gasteiger partial charge in [0.1, 0.15) is 6.23 Å². The lowest BCUT2D eigenvalue weighted by atomic mass is 10.3. The maximum atomic E-state index is 10.2. The molecule has 0 bridgehead atoms. The molecule has 1 unspecified atom stereocenters. The Morgan fingerprint density at radius 1 is 1.73 bits per heavy atom. The monoisotopic (exact) mass is 157 g/mol. The highest BCUT2D eigenvalue weighted by Gasteiger charge is 1.99. The number of carboxylic acid groups (broad SMARTS) is 1. The number of aliphatic hydroxyl groups is 1. The van der Waals surface area contributed by atoms with E-state index in [1.807, 2.05) is 0 Å². The van der Waals surface area contributed by atoms with E-state index in [-0.39, 0.29) is 5.57 Å². The molecule has 0 saturated carbocycles. The molecule has 1 atom stereocenters. The molecule has 4 heteroatoms. The Kier molecular flexibility index (Phi) is 3.98. The van der Waals surface area contributed by atoms with Gasteiger partial charge in [0, 0.05) is 11.8 Å². The minimum Gasteiger partial charge on any atom is -0.478 e. The third-order valence-electron chi connectivity index (χ3n) is 1.03. The van der Waals surface area contributed by atoms with E-state index in [4.69, 9.17) is 10.2 Å². The van der Waals surface area contributed by atoms with Crippen LogP contribution in [-0.4, -0.2) is 22.4 Å². The maximum Gasteiger partial charge on any atom is 0.332 e. The smallest absolute Gasteiger partial charge is 0.332 e. The Bertz CT molecular complexity index is 186. The number of aliphatic carboxylic acids is 1. The topological polar surface area (TPSA) is 69.6 Å². The van der Waals surface area contributed by atoms with Crippen molar-refractivity contribution in [1.29, 1.82) is 0 Å². The van der Waals surface area contributed by atoms with Crippen LogP contribution >= 0.6 is 0 Å². The van der Waals surface area contributed by atoms with Crippen molar-refractivity contribution >= 4 is 5.97 Å². The van der Waals surface area contributed by atoms with E-state index in [0.29, 0.717) is 0 Å². The molecule has 62 valence electrons. The van der Waals surface area contributed by atoms with E-state index < -0.39 is 12.2 Å². The number of hydrogen-bond acceptors (Lipinski definition) is 3. The summed E-state index contributed by atoms with van der Waals surface area (Å²) < 4.78 is 0. The average molecular weight is 157 g/mol. The minimum atomic E-state index is -1.02. The van der Waals surface area contributed by atoms with Crippen LogP contribution in [0, 0.1) is 0 Å².